The Hall–Kier alpha value is -0.950. The van der Waals surface area contributed by atoms with Crippen molar-refractivity contribution in [1.82, 2.24) is 4.57 Å². The second kappa shape index (κ2) is 4.14. The molecule has 0 aliphatic heterocycles. The van der Waals surface area contributed by atoms with Crippen molar-refractivity contribution in [3.05, 3.63) is 35.5 Å². The predicted molar refractivity (Wildman–Crippen MR) is 68.9 cm³/mol. The summed E-state index contributed by atoms with van der Waals surface area (Å²) in [5.41, 5.74) is 1.28. The minimum absolute atomic E-state index is 0.832. The highest BCUT2D eigenvalue weighted by atomic mass is 35.5. The van der Waals surface area contributed by atoms with Gasteiger partial charge in [-0.15, -0.1) is 0 Å². The lowest BCUT2D eigenvalue weighted by atomic mass is 10.1. The summed E-state index contributed by atoms with van der Waals surface area (Å²) in [6, 6.07) is 8.32. The molecule has 1 heterocycles. The van der Waals surface area contributed by atoms with Crippen molar-refractivity contribution in [1.29, 1.82) is 0 Å². The van der Waals surface area contributed by atoms with Crippen molar-refractivity contribution in [2.24, 2.45) is 5.92 Å². The minimum Gasteiger partial charge on any atom is -0.347 e. The number of fused-ring (bicyclic) bond motifs is 1. The van der Waals surface area contributed by atoms with Gasteiger partial charge in [0.05, 0.1) is 0 Å². The summed E-state index contributed by atoms with van der Waals surface area (Å²) in [6.07, 6.45) is 7.79. The third kappa shape index (κ3) is 1.84. The van der Waals surface area contributed by atoms with Crippen molar-refractivity contribution >= 4 is 22.5 Å². The predicted octanol–water partition coefficient (Wildman–Crippen LogP) is 4.48. The van der Waals surface area contributed by atoms with Crippen molar-refractivity contribution in [3.63, 3.8) is 0 Å². The molecule has 0 N–H and O–H groups in total. The van der Waals surface area contributed by atoms with Crippen LogP contribution in [0.15, 0.2) is 30.5 Å². The Bertz CT molecular complexity index is 494. The fourth-order valence-corrected chi connectivity index (χ4v) is 2.95. The molecule has 1 fully saturated rings. The van der Waals surface area contributed by atoms with Crippen LogP contribution in [0.5, 0.6) is 0 Å². The van der Waals surface area contributed by atoms with E-state index in [4.69, 9.17) is 11.6 Å². The third-order valence-corrected chi connectivity index (χ3v) is 3.90. The van der Waals surface area contributed by atoms with Gasteiger partial charge in [0, 0.05) is 23.3 Å². The maximum atomic E-state index is 6.05. The number of halogens is 1. The summed E-state index contributed by atoms with van der Waals surface area (Å²) in [5.74, 6) is 0.870. The molecule has 0 bridgehead atoms. The van der Waals surface area contributed by atoms with Gasteiger partial charge in [-0.2, -0.15) is 0 Å². The molecule has 2 aromatic rings. The Kier molecular flexibility index (Phi) is 2.64. The molecule has 0 saturated heterocycles. The van der Waals surface area contributed by atoms with Crippen molar-refractivity contribution in [2.75, 3.05) is 0 Å². The molecule has 2 heteroatoms. The van der Waals surface area contributed by atoms with E-state index in [1.165, 1.54) is 36.6 Å². The molecular weight excluding hydrogens is 218 g/mol. The van der Waals surface area contributed by atoms with E-state index < -0.39 is 0 Å². The van der Waals surface area contributed by atoms with Gasteiger partial charge in [-0.3, -0.25) is 0 Å². The zero-order valence-electron chi connectivity index (χ0n) is 9.32. The van der Waals surface area contributed by atoms with Gasteiger partial charge in [0.1, 0.15) is 0 Å². The molecule has 1 saturated carbocycles. The number of hydrogen-bond acceptors (Lipinski definition) is 0. The summed E-state index contributed by atoms with van der Waals surface area (Å²) in [5, 5.41) is 2.13. The van der Waals surface area contributed by atoms with Crippen LogP contribution < -0.4 is 0 Å². The Morgan fingerprint density at radius 3 is 2.81 bits per heavy atom. The molecule has 16 heavy (non-hydrogen) atoms. The molecule has 3 rings (SSSR count). The van der Waals surface area contributed by atoms with Gasteiger partial charge in [0.2, 0.25) is 0 Å². The molecule has 0 radical (unpaired) electrons. The fraction of sp³-hybridized carbons (Fsp3) is 0.429. The standard InChI is InChI=1S/C14H16ClN/c15-13-6-5-12-7-8-16(14(12)9-13)10-11-3-1-2-4-11/h5-9,11H,1-4,10H2. The van der Waals surface area contributed by atoms with E-state index in [2.05, 4.69) is 29.0 Å². The summed E-state index contributed by atoms with van der Waals surface area (Å²) in [7, 11) is 0. The van der Waals surface area contributed by atoms with Gasteiger partial charge >= 0.3 is 0 Å². The van der Waals surface area contributed by atoms with Crippen molar-refractivity contribution in [2.45, 2.75) is 32.2 Å². The lowest BCUT2D eigenvalue weighted by molar-refractivity contribution is 0.466. The zero-order chi connectivity index (χ0) is 11.0. The van der Waals surface area contributed by atoms with Gasteiger partial charge < -0.3 is 4.57 Å². The first-order valence-electron chi connectivity index (χ1n) is 6.07. The fourth-order valence-electron chi connectivity index (χ4n) is 2.79. The first-order valence-corrected chi connectivity index (χ1v) is 6.45. The van der Waals surface area contributed by atoms with Crippen LogP contribution in [-0.4, -0.2) is 4.57 Å². The summed E-state index contributed by atoms with van der Waals surface area (Å²) in [4.78, 5) is 0. The average molecular weight is 234 g/mol. The third-order valence-electron chi connectivity index (χ3n) is 3.67. The van der Waals surface area contributed by atoms with Crippen LogP contribution >= 0.6 is 11.6 Å². The minimum atomic E-state index is 0.832. The summed E-state index contributed by atoms with van der Waals surface area (Å²) >= 11 is 6.05. The van der Waals surface area contributed by atoms with Crippen molar-refractivity contribution < 1.29 is 0 Å². The molecular formula is C14H16ClN. The highest BCUT2D eigenvalue weighted by Gasteiger charge is 2.16. The Morgan fingerprint density at radius 2 is 2.00 bits per heavy atom. The number of benzene rings is 1. The van der Waals surface area contributed by atoms with Crippen LogP contribution in [0, 0.1) is 5.92 Å². The highest BCUT2D eigenvalue weighted by Crippen LogP contribution is 2.28. The molecule has 0 spiro atoms. The quantitative estimate of drug-likeness (QED) is 0.721. The van der Waals surface area contributed by atoms with E-state index in [0.29, 0.717) is 0 Å². The smallest absolute Gasteiger partial charge is 0.0495 e. The topological polar surface area (TPSA) is 4.93 Å². The highest BCUT2D eigenvalue weighted by molar-refractivity contribution is 6.31. The molecule has 1 nitrogen and oxygen atoms in total. The lowest BCUT2D eigenvalue weighted by Gasteiger charge is -2.11. The molecule has 1 aromatic carbocycles. The Balaban J connectivity index is 1.93. The average Bonchev–Trinajstić information content (AvgIpc) is 2.90. The van der Waals surface area contributed by atoms with Crippen LogP contribution in [0.1, 0.15) is 25.7 Å². The van der Waals surface area contributed by atoms with E-state index in [1.807, 2.05) is 6.07 Å². The number of rotatable bonds is 2. The van der Waals surface area contributed by atoms with Gasteiger partial charge in [0.25, 0.3) is 0 Å². The molecule has 84 valence electrons. The maximum absolute atomic E-state index is 6.05. The summed E-state index contributed by atoms with van der Waals surface area (Å²) in [6.45, 7) is 1.16. The molecule has 0 amide bonds. The normalized spacial score (nSPS) is 17.3. The molecule has 1 aromatic heterocycles. The van der Waals surface area contributed by atoms with Gasteiger partial charge in [-0.25, -0.2) is 0 Å². The largest absolute Gasteiger partial charge is 0.347 e. The molecule has 0 unspecified atom stereocenters. The number of nitrogens with zero attached hydrogens (tertiary/aromatic N) is 1. The van der Waals surface area contributed by atoms with Crippen LogP contribution in [0.3, 0.4) is 0 Å². The van der Waals surface area contributed by atoms with E-state index in [0.717, 1.165) is 17.5 Å². The summed E-state index contributed by atoms with van der Waals surface area (Å²) < 4.78 is 2.36. The second-order valence-electron chi connectivity index (χ2n) is 4.82. The monoisotopic (exact) mass is 233 g/mol. The van der Waals surface area contributed by atoms with Crippen molar-refractivity contribution in [3.8, 4) is 0 Å². The Labute approximate surface area is 101 Å². The van der Waals surface area contributed by atoms with Gasteiger partial charge in [-0.05, 0) is 42.3 Å². The molecule has 1 aliphatic rings. The molecule has 1 aliphatic carbocycles. The van der Waals surface area contributed by atoms with Crippen LogP contribution in [0.4, 0.5) is 0 Å². The second-order valence-corrected chi connectivity index (χ2v) is 5.26. The zero-order valence-corrected chi connectivity index (χ0v) is 10.1. The van der Waals surface area contributed by atoms with Crippen LogP contribution in [-0.2, 0) is 6.54 Å². The maximum Gasteiger partial charge on any atom is 0.0495 e. The first kappa shape index (κ1) is 10.2. The van der Waals surface area contributed by atoms with E-state index >= 15 is 0 Å². The Morgan fingerprint density at radius 1 is 1.19 bits per heavy atom. The van der Waals surface area contributed by atoms with E-state index in [9.17, 15) is 0 Å². The number of aromatic nitrogens is 1. The van der Waals surface area contributed by atoms with Gasteiger partial charge in [0.15, 0.2) is 0 Å². The van der Waals surface area contributed by atoms with E-state index in [-0.39, 0.29) is 0 Å². The first-order chi connectivity index (χ1) is 7.83. The molecule has 0 atom stereocenters. The number of hydrogen-bond donors (Lipinski definition) is 0. The SMILES string of the molecule is Clc1ccc2ccn(CC3CCCC3)c2c1. The van der Waals surface area contributed by atoms with Crippen LogP contribution in [0.2, 0.25) is 5.02 Å². The lowest BCUT2D eigenvalue weighted by Crippen LogP contribution is -2.05. The van der Waals surface area contributed by atoms with Crippen LogP contribution in [0.25, 0.3) is 10.9 Å². The van der Waals surface area contributed by atoms with Gasteiger partial charge in [-0.1, -0.05) is 30.5 Å². The van der Waals surface area contributed by atoms with E-state index in [1.54, 1.807) is 0 Å².